The van der Waals surface area contributed by atoms with E-state index in [4.69, 9.17) is 25.8 Å². The van der Waals surface area contributed by atoms with E-state index in [0.717, 1.165) is 4.31 Å². The van der Waals surface area contributed by atoms with E-state index in [1.807, 2.05) is 13.8 Å². The van der Waals surface area contributed by atoms with Crippen molar-refractivity contribution in [2.75, 3.05) is 36.4 Å². The molecule has 4 aromatic rings. The average Bonchev–Trinajstić information content (AvgIpc) is 3.00. The molecule has 12 nitrogen and oxygen atoms in total. The van der Waals surface area contributed by atoms with Crippen molar-refractivity contribution in [3.05, 3.63) is 84.3 Å². The lowest BCUT2D eigenvalue weighted by atomic mass is 10.2. The predicted octanol–water partition coefficient (Wildman–Crippen LogP) is 5.38. The van der Waals surface area contributed by atoms with Gasteiger partial charge in [-0.2, -0.15) is 4.98 Å². The van der Waals surface area contributed by atoms with Crippen molar-refractivity contribution in [3.63, 3.8) is 0 Å². The summed E-state index contributed by atoms with van der Waals surface area (Å²) in [6.45, 7) is 3.88. The van der Waals surface area contributed by atoms with Crippen molar-refractivity contribution < 1.29 is 27.4 Å². The molecule has 0 aliphatic heterocycles. The zero-order chi connectivity index (χ0) is 30.8. The number of ether oxygens (including phenoxy) is 3. The molecule has 0 unspecified atom stereocenters. The van der Waals surface area contributed by atoms with Crippen LogP contribution in [0, 0.1) is 5.92 Å². The van der Waals surface area contributed by atoms with Gasteiger partial charge in [-0.05, 0) is 42.3 Å². The molecule has 43 heavy (non-hydrogen) atoms. The summed E-state index contributed by atoms with van der Waals surface area (Å²) in [5.41, 5.74) is 0. The van der Waals surface area contributed by atoms with E-state index in [0.29, 0.717) is 11.6 Å². The molecule has 0 aliphatic rings. The minimum absolute atomic E-state index is 0.0378. The van der Waals surface area contributed by atoms with Gasteiger partial charge in [-0.3, -0.25) is 5.32 Å². The first-order valence-corrected chi connectivity index (χ1v) is 15.0. The zero-order valence-electron chi connectivity index (χ0n) is 23.7. The fourth-order valence-electron chi connectivity index (χ4n) is 3.78. The molecule has 0 atom stereocenters. The van der Waals surface area contributed by atoms with E-state index in [1.165, 1.54) is 25.6 Å². The third-order valence-corrected chi connectivity index (χ3v) is 7.82. The molecule has 0 fully saturated rings. The van der Waals surface area contributed by atoms with Crippen LogP contribution in [0.4, 0.5) is 16.4 Å². The van der Waals surface area contributed by atoms with Gasteiger partial charge in [0.2, 0.25) is 5.75 Å². The van der Waals surface area contributed by atoms with Gasteiger partial charge in [0.25, 0.3) is 15.9 Å². The first kappa shape index (κ1) is 31.3. The predicted molar refractivity (Wildman–Crippen MR) is 163 cm³/mol. The summed E-state index contributed by atoms with van der Waals surface area (Å²) >= 11 is 6.43. The Labute approximate surface area is 255 Å². The summed E-state index contributed by atoms with van der Waals surface area (Å²) in [5.74, 6) is 0.714. The summed E-state index contributed by atoms with van der Waals surface area (Å²) < 4.78 is 46.3. The molecule has 226 valence electrons. The molecule has 2 aromatic heterocycles. The monoisotopic (exact) mass is 626 g/mol. The van der Waals surface area contributed by atoms with Gasteiger partial charge in [0.15, 0.2) is 5.82 Å². The van der Waals surface area contributed by atoms with Crippen LogP contribution in [0.2, 0.25) is 5.02 Å². The van der Waals surface area contributed by atoms with Crippen LogP contribution < -0.4 is 29.1 Å². The van der Waals surface area contributed by atoms with Gasteiger partial charge in [0, 0.05) is 18.8 Å². The van der Waals surface area contributed by atoms with Gasteiger partial charge in [-0.1, -0.05) is 49.7 Å². The minimum atomic E-state index is -4.09. The quantitative estimate of drug-likeness (QED) is 0.187. The van der Waals surface area contributed by atoms with E-state index in [-0.39, 0.29) is 58.7 Å². The molecule has 0 radical (unpaired) electrons. The van der Waals surface area contributed by atoms with Crippen LogP contribution in [0.3, 0.4) is 0 Å². The number of nitrogens with zero attached hydrogens (tertiary/aromatic N) is 4. The van der Waals surface area contributed by atoms with E-state index >= 15 is 0 Å². The first-order valence-electron chi connectivity index (χ1n) is 13.2. The number of urea groups is 1. The third kappa shape index (κ3) is 8.23. The molecule has 2 heterocycles. The highest BCUT2D eigenvalue weighted by molar-refractivity contribution is 7.92. The number of benzene rings is 2. The van der Waals surface area contributed by atoms with Gasteiger partial charge in [-0.25, -0.2) is 27.5 Å². The molecule has 0 saturated carbocycles. The molecule has 2 amide bonds. The largest absolute Gasteiger partial charge is 0.497 e. The van der Waals surface area contributed by atoms with Crippen molar-refractivity contribution in [3.8, 4) is 23.1 Å². The summed E-state index contributed by atoms with van der Waals surface area (Å²) in [7, 11) is -2.60. The van der Waals surface area contributed by atoms with Crippen LogP contribution in [0.1, 0.15) is 13.8 Å². The highest BCUT2D eigenvalue weighted by Crippen LogP contribution is 2.42. The van der Waals surface area contributed by atoms with Crippen LogP contribution in [-0.2, 0) is 10.0 Å². The van der Waals surface area contributed by atoms with Crippen molar-refractivity contribution in [2.24, 2.45) is 5.92 Å². The molecule has 14 heteroatoms. The molecular formula is C29H31ClN6O6S. The van der Waals surface area contributed by atoms with Crippen molar-refractivity contribution >= 4 is 39.3 Å². The van der Waals surface area contributed by atoms with Gasteiger partial charge in [0.05, 0.1) is 23.6 Å². The number of sulfonamides is 1. The topological polar surface area (TPSA) is 145 Å². The molecule has 2 N–H and O–H groups in total. The summed E-state index contributed by atoms with van der Waals surface area (Å²) in [6.07, 6.45) is 2.74. The van der Waals surface area contributed by atoms with Crippen molar-refractivity contribution in [1.82, 2.24) is 20.3 Å². The van der Waals surface area contributed by atoms with Crippen LogP contribution in [0.15, 0.2) is 84.1 Å². The number of carbonyl (C=O) groups excluding carboxylic acids is 1. The Hall–Kier alpha value is -4.62. The average molecular weight is 627 g/mol. The summed E-state index contributed by atoms with van der Waals surface area (Å²) in [6, 6.07) is 17.4. The second-order valence-electron chi connectivity index (χ2n) is 9.42. The summed E-state index contributed by atoms with van der Waals surface area (Å²) in [5, 5.41) is 5.50. The van der Waals surface area contributed by atoms with Crippen LogP contribution >= 0.6 is 11.6 Å². The standard InChI is InChI=1S/C29H31ClN6O6S/c1-20(2)18-36(43(38,39)22-9-5-4-6-10-22)27-26(42-24-17-21(40-3)12-13-23(24)30)28(34-19-33-27)41-16-15-32-29(37)35-25-11-7-8-14-31-25/h4-14,17,19-20H,15-16,18H2,1-3H3,(H2,31,32,35,37). The lowest BCUT2D eigenvalue weighted by Gasteiger charge is -2.27. The number of pyridine rings is 1. The van der Waals surface area contributed by atoms with Crippen LogP contribution in [-0.4, -0.2) is 56.2 Å². The number of methoxy groups -OCH3 is 1. The van der Waals surface area contributed by atoms with Crippen molar-refractivity contribution in [2.45, 2.75) is 18.7 Å². The highest BCUT2D eigenvalue weighted by Gasteiger charge is 2.32. The fraction of sp³-hybridized carbons (Fsp3) is 0.241. The molecule has 4 rings (SSSR count). The summed E-state index contributed by atoms with van der Waals surface area (Å²) in [4.78, 5) is 24.9. The highest BCUT2D eigenvalue weighted by atomic mass is 35.5. The molecule has 0 aliphatic carbocycles. The second kappa shape index (κ2) is 14.5. The third-order valence-electron chi connectivity index (χ3n) is 5.73. The molecular weight excluding hydrogens is 596 g/mol. The Kier molecular flexibility index (Phi) is 10.6. The fourth-order valence-corrected chi connectivity index (χ4v) is 5.54. The second-order valence-corrected chi connectivity index (χ2v) is 11.7. The van der Waals surface area contributed by atoms with E-state index in [1.54, 1.807) is 60.8 Å². The molecule has 0 bridgehead atoms. The van der Waals surface area contributed by atoms with Crippen molar-refractivity contribution in [1.29, 1.82) is 0 Å². The number of aromatic nitrogens is 3. The lowest BCUT2D eigenvalue weighted by molar-refractivity contribution is 0.245. The molecule has 0 spiro atoms. The van der Waals surface area contributed by atoms with E-state index in [9.17, 15) is 13.2 Å². The number of nitrogens with one attached hydrogen (secondary N) is 2. The Balaban J connectivity index is 1.67. The van der Waals surface area contributed by atoms with Crippen LogP contribution in [0.25, 0.3) is 0 Å². The number of halogens is 1. The van der Waals surface area contributed by atoms with Crippen LogP contribution in [0.5, 0.6) is 23.1 Å². The van der Waals surface area contributed by atoms with Gasteiger partial charge < -0.3 is 19.5 Å². The van der Waals surface area contributed by atoms with Gasteiger partial charge >= 0.3 is 6.03 Å². The number of anilines is 2. The SMILES string of the molecule is COc1ccc(Cl)c(Oc2c(OCCNC(=O)Nc3ccccn3)ncnc2N(CC(C)C)S(=O)(=O)c2ccccc2)c1. The maximum absolute atomic E-state index is 13.9. The van der Waals surface area contributed by atoms with E-state index < -0.39 is 16.1 Å². The Morgan fingerprint density at radius 2 is 1.79 bits per heavy atom. The first-order chi connectivity index (χ1) is 20.7. The number of rotatable bonds is 13. The number of amides is 2. The van der Waals surface area contributed by atoms with E-state index in [2.05, 4.69) is 25.6 Å². The molecule has 0 saturated heterocycles. The molecule has 2 aromatic carbocycles. The Morgan fingerprint density at radius 1 is 1.02 bits per heavy atom. The number of hydrogen-bond acceptors (Lipinski definition) is 9. The Morgan fingerprint density at radius 3 is 2.49 bits per heavy atom. The maximum Gasteiger partial charge on any atom is 0.320 e. The lowest BCUT2D eigenvalue weighted by Crippen LogP contribution is -2.35. The smallest absolute Gasteiger partial charge is 0.320 e. The maximum atomic E-state index is 13.9. The Bertz CT molecular complexity index is 1630. The number of carbonyl (C=O) groups is 1. The number of hydrogen-bond donors (Lipinski definition) is 2. The zero-order valence-corrected chi connectivity index (χ0v) is 25.3. The normalized spacial score (nSPS) is 11.1. The van der Waals surface area contributed by atoms with Gasteiger partial charge in [0.1, 0.15) is 30.3 Å². The minimum Gasteiger partial charge on any atom is -0.497 e. The van der Waals surface area contributed by atoms with Gasteiger partial charge in [-0.15, -0.1) is 0 Å².